The summed E-state index contributed by atoms with van der Waals surface area (Å²) in [5, 5.41) is 2.89. The van der Waals surface area contributed by atoms with Gasteiger partial charge in [-0.3, -0.25) is 4.79 Å². The van der Waals surface area contributed by atoms with Crippen LogP contribution in [0.15, 0.2) is 64.8 Å². The van der Waals surface area contributed by atoms with Crippen LogP contribution in [0.2, 0.25) is 0 Å². The van der Waals surface area contributed by atoms with Gasteiger partial charge in [-0.1, -0.05) is 33.6 Å². The summed E-state index contributed by atoms with van der Waals surface area (Å²) in [7, 11) is 1.63. The van der Waals surface area contributed by atoms with Crippen LogP contribution < -0.4 is 10.1 Å². The molecule has 1 aromatic heterocycles. The first-order valence-electron chi connectivity index (χ1n) is 9.15. The predicted molar refractivity (Wildman–Crippen MR) is 120 cm³/mol. The number of anilines is 1. The Morgan fingerprint density at radius 1 is 1.10 bits per heavy atom. The Morgan fingerprint density at radius 2 is 1.79 bits per heavy atom. The van der Waals surface area contributed by atoms with Crippen molar-refractivity contribution in [2.24, 2.45) is 0 Å². The predicted octanol–water partition coefficient (Wildman–Crippen LogP) is 5.52. The number of ether oxygens (including phenoxy) is 1. The number of hydrogen-bond donors (Lipinski definition) is 1. The number of rotatable bonds is 6. The van der Waals surface area contributed by atoms with Gasteiger partial charge in [0.25, 0.3) is 0 Å². The number of aromatic nitrogens is 2. The highest BCUT2D eigenvalue weighted by atomic mass is 79.9. The van der Waals surface area contributed by atoms with Crippen LogP contribution in [0.5, 0.6) is 5.75 Å². The molecule has 0 spiro atoms. The van der Waals surface area contributed by atoms with Gasteiger partial charge in [-0.05, 0) is 61.9 Å². The van der Waals surface area contributed by atoms with Crippen LogP contribution in [0.3, 0.4) is 0 Å². The number of carbonyl (C=O) groups excluding carboxylic acids is 1. The standard InChI is InChI=1S/C23H22BrN3O2/c1-15(2)12-20-23(27-22(28)13-16-4-8-18(24)9-5-16)25-14-21(26-20)17-6-10-19(29-3)11-7-17/h4-12,14H,13H2,1-3H3,(H,25,27,28). The number of methoxy groups -OCH3 is 1. The molecule has 1 amide bonds. The van der Waals surface area contributed by atoms with Crippen molar-refractivity contribution in [3.05, 3.63) is 76.0 Å². The maximum atomic E-state index is 12.5. The van der Waals surface area contributed by atoms with Gasteiger partial charge in [0.05, 0.1) is 25.4 Å². The molecule has 6 heteroatoms. The topological polar surface area (TPSA) is 64.1 Å². The van der Waals surface area contributed by atoms with E-state index >= 15 is 0 Å². The second kappa shape index (κ2) is 9.47. The normalized spacial score (nSPS) is 10.3. The van der Waals surface area contributed by atoms with Crippen molar-refractivity contribution in [2.75, 3.05) is 12.4 Å². The molecule has 0 unspecified atom stereocenters. The Morgan fingerprint density at radius 3 is 2.41 bits per heavy atom. The summed E-state index contributed by atoms with van der Waals surface area (Å²) < 4.78 is 6.18. The van der Waals surface area contributed by atoms with Gasteiger partial charge >= 0.3 is 0 Å². The maximum Gasteiger partial charge on any atom is 0.230 e. The molecule has 0 fully saturated rings. The van der Waals surface area contributed by atoms with E-state index in [1.54, 1.807) is 13.3 Å². The molecule has 0 bridgehead atoms. The van der Waals surface area contributed by atoms with E-state index in [1.165, 1.54) is 0 Å². The van der Waals surface area contributed by atoms with Gasteiger partial charge in [0.15, 0.2) is 5.82 Å². The maximum absolute atomic E-state index is 12.5. The van der Waals surface area contributed by atoms with E-state index in [2.05, 4.69) is 26.2 Å². The first-order valence-corrected chi connectivity index (χ1v) is 9.94. The van der Waals surface area contributed by atoms with Crippen LogP contribution in [-0.2, 0) is 11.2 Å². The molecule has 0 aliphatic heterocycles. The molecule has 5 nitrogen and oxygen atoms in total. The molecule has 0 saturated carbocycles. The summed E-state index contributed by atoms with van der Waals surface area (Å²) in [6.45, 7) is 3.96. The minimum atomic E-state index is -0.137. The minimum Gasteiger partial charge on any atom is -0.497 e. The van der Waals surface area contributed by atoms with E-state index in [0.29, 0.717) is 11.5 Å². The number of allylic oxidation sites excluding steroid dienone is 1. The van der Waals surface area contributed by atoms with E-state index in [9.17, 15) is 4.79 Å². The summed E-state index contributed by atoms with van der Waals surface area (Å²) in [6.07, 6.45) is 3.85. The third-order valence-corrected chi connectivity index (χ3v) is 4.68. The third-order valence-electron chi connectivity index (χ3n) is 4.15. The van der Waals surface area contributed by atoms with Crippen molar-refractivity contribution < 1.29 is 9.53 Å². The number of hydrogen-bond acceptors (Lipinski definition) is 4. The van der Waals surface area contributed by atoms with Crippen molar-refractivity contribution in [3.63, 3.8) is 0 Å². The molecule has 0 radical (unpaired) electrons. The first kappa shape index (κ1) is 20.7. The lowest BCUT2D eigenvalue weighted by Gasteiger charge is -2.10. The zero-order valence-corrected chi connectivity index (χ0v) is 18.2. The molecule has 1 N–H and O–H groups in total. The highest BCUT2D eigenvalue weighted by Crippen LogP contribution is 2.23. The Hall–Kier alpha value is -2.99. The van der Waals surface area contributed by atoms with Crippen molar-refractivity contribution in [2.45, 2.75) is 20.3 Å². The zero-order valence-electron chi connectivity index (χ0n) is 16.6. The van der Waals surface area contributed by atoms with Gasteiger partial charge in [0.2, 0.25) is 5.91 Å². The minimum absolute atomic E-state index is 0.137. The van der Waals surface area contributed by atoms with Gasteiger partial charge in [0.1, 0.15) is 11.4 Å². The average Bonchev–Trinajstić information content (AvgIpc) is 2.71. The molecule has 148 valence electrons. The Labute approximate surface area is 179 Å². The van der Waals surface area contributed by atoms with Crippen molar-refractivity contribution in [1.29, 1.82) is 0 Å². The van der Waals surface area contributed by atoms with Crippen LogP contribution in [0.25, 0.3) is 17.3 Å². The lowest BCUT2D eigenvalue weighted by Crippen LogP contribution is -2.16. The highest BCUT2D eigenvalue weighted by Gasteiger charge is 2.12. The first-order chi connectivity index (χ1) is 13.9. The molecule has 2 aromatic carbocycles. The van der Waals surface area contributed by atoms with Crippen LogP contribution in [-0.4, -0.2) is 23.0 Å². The largest absolute Gasteiger partial charge is 0.497 e. The Bertz CT molecular complexity index is 1020. The molecule has 1 heterocycles. The third kappa shape index (κ3) is 5.74. The van der Waals surface area contributed by atoms with E-state index < -0.39 is 0 Å². The fourth-order valence-electron chi connectivity index (χ4n) is 2.74. The average molecular weight is 452 g/mol. The van der Waals surface area contributed by atoms with E-state index in [1.807, 2.05) is 68.5 Å². The van der Waals surface area contributed by atoms with Crippen LogP contribution >= 0.6 is 15.9 Å². The monoisotopic (exact) mass is 451 g/mol. The fraction of sp³-hybridized carbons (Fsp3) is 0.174. The van der Waals surface area contributed by atoms with E-state index in [0.717, 1.165) is 32.6 Å². The molecular weight excluding hydrogens is 430 g/mol. The summed E-state index contributed by atoms with van der Waals surface area (Å²) in [5.74, 6) is 1.09. The summed E-state index contributed by atoms with van der Waals surface area (Å²) >= 11 is 3.40. The van der Waals surface area contributed by atoms with Crippen molar-refractivity contribution >= 4 is 33.7 Å². The van der Waals surface area contributed by atoms with Crippen molar-refractivity contribution in [3.8, 4) is 17.0 Å². The number of nitrogens with zero attached hydrogens (tertiary/aromatic N) is 2. The molecule has 0 atom stereocenters. The number of amides is 1. The highest BCUT2D eigenvalue weighted by molar-refractivity contribution is 9.10. The molecular formula is C23H22BrN3O2. The van der Waals surface area contributed by atoms with Gasteiger partial charge < -0.3 is 10.1 Å². The second-order valence-corrected chi connectivity index (χ2v) is 7.71. The van der Waals surface area contributed by atoms with Crippen molar-refractivity contribution in [1.82, 2.24) is 9.97 Å². The Balaban J connectivity index is 1.84. The smallest absolute Gasteiger partial charge is 0.230 e. The van der Waals surface area contributed by atoms with E-state index in [4.69, 9.17) is 9.72 Å². The quantitative estimate of drug-likeness (QED) is 0.535. The van der Waals surface area contributed by atoms with Crippen LogP contribution in [0.4, 0.5) is 5.82 Å². The lowest BCUT2D eigenvalue weighted by atomic mass is 10.1. The summed E-state index contributed by atoms with van der Waals surface area (Å²) in [4.78, 5) is 21.7. The molecule has 3 aromatic rings. The summed E-state index contributed by atoms with van der Waals surface area (Å²) in [5.41, 5.74) is 4.27. The molecule has 29 heavy (non-hydrogen) atoms. The van der Waals surface area contributed by atoms with Crippen LogP contribution in [0, 0.1) is 0 Å². The van der Waals surface area contributed by atoms with E-state index in [-0.39, 0.29) is 12.3 Å². The molecule has 0 aliphatic carbocycles. The Kier molecular flexibility index (Phi) is 6.77. The number of carbonyl (C=O) groups is 1. The number of nitrogens with one attached hydrogen (secondary N) is 1. The summed E-state index contributed by atoms with van der Waals surface area (Å²) in [6, 6.07) is 15.3. The SMILES string of the molecule is COc1ccc(-c2cnc(NC(=O)Cc3ccc(Br)cc3)c(C=C(C)C)n2)cc1. The van der Waals surface area contributed by atoms with Gasteiger partial charge in [-0.15, -0.1) is 0 Å². The lowest BCUT2D eigenvalue weighted by molar-refractivity contribution is -0.115. The van der Waals surface area contributed by atoms with Gasteiger partial charge in [-0.2, -0.15) is 0 Å². The second-order valence-electron chi connectivity index (χ2n) is 6.79. The number of halogens is 1. The van der Waals surface area contributed by atoms with Gasteiger partial charge in [0, 0.05) is 10.0 Å². The number of benzene rings is 2. The molecule has 0 saturated heterocycles. The fourth-order valence-corrected chi connectivity index (χ4v) is 3.00. The zero-order chi connectivity index (χ0) is 20.8. The molecule has 0 aliphatic rings. The van der Waals surface area contributed by atoms with Gasteiger partial charge in [-0.25, -0.2) is 9.97 Å². The molecule has 3 rings (SSSR count). The van der Waals surface area contributed by atoms with Crippen LogP contribution in [0.1, 0.15) is 25.1 Å².